The summed E-state index contributed by atoms with van der Waals surface area (Å²) in [5.41, 5.74) is 6.88. The Balaban J connectivity index is 3.05. The third-order valence-electron chi connectivity index (χ3n) is 1.97. The van der Waals surface area contributed by atoms with Gasteiger partial charge in [0.05, 0.1) is 10.6 Å². The molecule has 16 heavy (non-hydrogen) atoms. The first-order valence-corrected chi connectivity index (χ1v) is 5.37. The Kier molecular flexibility index (Phi) is 3.48. The highest BCUT2D eigenvalue weighted by atomic mass is 35.5. The molecule has 1 rings (SSSR count). The molecular formula is C12H16ClNO2. The molecule has 0 aromatic heterocycles. The van der Waals surface area contributed by atoms with Gasteiger partial charge in [-0.15, -0.1) is 0 Å². The Morgan fingerprint density at radius 1 is 1.38 bits per heavy atom. The van der Waals surface area contributed by atoms with Crippen LogP contribution in [0.2, 0.25) is 5.02 Å². The number of hydrogen-bond donors (Lipinski definition) is 1. The molecule has 0 aliphatic heterocycles. The van der Waals surface area contributed by atoms with Crippen LogP contribution in [0.15, 0.2) is 12.1 Å². The summed E-state index contributed by atoms with van der Waals surface area (Å²) >= 11 is 5.94. The van der Waals surface area contributed by atoms with Gasteiger partial charge in [-0.25, -0.2) is 4.79 Å². The zero-order valence-corrected chi connectivity index (χ0v) is 10.7. The van der Waals surface area contributed by atoms with Gasteiger partial charge in [0.15, 0.2) is 0 Å². The van der Waals surface area contributed by atoms with Crippen molar-refractivity contribution in [2.24, 2.45) is 0 Å². The first-order valence-electron chi connectivity index (χ1n) is 4.99. The number of carbonyl (C=O) groups is 1. The van der Waals surface area contributed by atoms with Gasteiger partial charge in [0.2, 0.25) is 0 Å². The van der Waals surface area contributed by atoms with Crippen LogP contribution in [0.3, 0.4) is 0 Å². The van der Waals surface area contributed by atoms with E-state index in [9.17, 15) is 4.79 Å². The van der Waals surface area contributed by atoms with Crippen LogP contribution in [-0.2, 0) is 4.74 Å². The minimum Gasteiger partial charge on any atom is -0.456 e. The molecule has 0 spiro atoms. The molecule has 0 aliphatic rings. The van der Waals surface area contributed by atoms with Crippen molar-refractivity contribution in [3.63, 3.8) is 0 Å². The van der Waals surface area contributed by atoms with Gasteiger partial charge in [-0.05, 0) is 45.4 Å². The molecule has 1 aromatic rings. The molecule has 0 bridgehead atoms. The quantitative estimate of drug-likeness (QED) is 0.607. The Hall–Kier alpha value is -1.22. The summed E-state index contributed by atoms with van der Waals surface area (Å²) in [5, 5.41) is 0.317. The monoisotopic (exact) mass is 241 g/mol. The lowest BCUT2D eigenvalue weighted by molar-refractivity contribution is 0.00697. The smallest absolute Gasteiger partial charge is 0.340 e. The summed E-state index contributed by atoms with van der Waals surface area (Å²) < 4.78 is 5.24. The number of benzene rings is 1. The molecule has 88 valence electrons. The van der Waals surface area contributed by atoms with Gasteiger partial charge in [-0.3, -0.25) is 0 Å². The van der Waals surface area contributed by atoms with Gasteiger partial charge >= 0.3 is 5.97 Å². The van der Waals surface area contributed by atoms with Crippen molar-refractivity contribution in [3.05, 3.63) is 28.3 Å². The summed E-state index contributed by atoms with van der Waals surface area (Å²) in [5.74, 6) is -0.430. The highest BCUT2D eigenvalue weighted by molar-refractivity contribution is 6.33. The fourth-order valence-corrected chi connectivity index (χ4v) is 1.44. The number of anilines is 1. The van der Waals surface area contributed by atoms with Gasteiger partial charge in [0.1, 0.15) is 5.60 Å². The van der Waals surface area contributed by atoms with E-state index in [4.69, 9.17) is 22.1 Å². The molecule has 0 aliphatic carbocycles. The fraction of sp³-hybridized carbons (Fsp3) is 0.417. The number of esters is 1. The first-order chi connectivity index (χ1) is 7.20. The maximum Gasteiger partial charge on any atom is 0.340 e. The average molecular weight is 242 g/mol. The number of ether oxygens (including phenoxy) is 1. The van der Waals surface area contributed by atoms with Crippen LogP contribution in [0.1, 0.15) is 36.7 Å². The highest BCUT2D eigenvalue weighted by Gasteiger charge is 2.20. The Morgan fingerprint density at radius 3 is 2.44 bits per heavy atom. The van der Waals surface area contributed by atoms with Crippen molar-refractivity contribution >= 4 is 23.3 Å². The molecule has 0 saturated carbocycles. The minimum atomic E-state index is -0.532. The molecule has 0 fully saturated rings. The van der Waals surface area contributed by atoms with Crippen LogP contribution >= 0.6 is 11.6 Å². The lowest BCUT2D eigenvalue weighted by Gasteiger charge is -2.20. The van der Waals surface area contributed by atoms with Gasteiger partial charge in [-0.1, -0.05) is 11.6 Å². The second kappa shape index (κ2) is 4.34. The SMILES string of the molecule is Cc1cc(C(=O)OC(C)(C)C)c(Cl)cc1N. The van der Waals surface area contributed by atoms with E-state index in [0.717, 1.165) is 5.56 Å². The van der Waals surface area contributed by atoms with Crippen LogP contribution in [0, 0.1) is 6.92 Å². The van der Waals surface area contributed by atoms with E-state index in [1.54, 1.807) is 12.1 Å². The van der Waals surface area contributed by atoms with Crippen molar-refractivity contribution in [2.75, 3.05) is 5.73 Å². The fourth-order valence-electron chi connectivity index (χ4n) is 1.19. The number of nitrogen functional groups attached to an aromatic ring is 1. The molecule has 0 amide bonds. The van der Waals surface area contributed by atoms with Crippen molar-refractivity contribution in [2.45, 2.75) is 33.3 Å². The predicted molar refractivity (Wildman–Crippen MR) is 65.8 cm³/mol. The normalized spacial score (nSPS) is 11.3. The summed E-state index contributed by atoms with van der Waals surface area (Å²) in [6.45, 7) is 7.24. The van der Waals surface area contributed by atoms with E-state index in [2.05, 4.69) is 0 Å². The minimum absolute atomic E-state index is 0.317. The number of rotatable bonds is 1. The van der Waals surface area contributed by atoms with Crippen LogP contribution in [0.5, 0.6) is 0 Å². The Morgan fingerprint density at radius 2 is 1.94 bits per heavy atom. The highest BCUT2D eigenvalue weighted by Crippen LogP contribution is 2.24. The number of hydrogen-bond acceptors (Lipinski definition) is 3. The maximum absolute atomic E-state index is 11.8. The molecule has 0 saturated heterocycles. The topological polar surface area (TPSA) is 52.3 Å². The number of nitrogens with two attached hydrogens (primary N) is 1. The van der Waals surface area contributed by atoms with Crippen molar-refractivity contribution in [3.8, 4) is 0 Å². The largest absolute Gasteiger partial charge is 0.456 e. The Labute approximate surface area is 101 Å². The summed E-state index contributed by atoms with van der Waals surface area (Å²) in [4.78, 5) is 11.8. The van der Waals surface area contributed by atoms with Gasteiger partial charge in [0.25, 0.3) is 0 Å². The van der Waals surface area contributed by atoms with Crippen LogP contribution in [0.4, 0.5) is 5.69 Å². The maximum atomic E-state index is 11.8. The third-order valence-corrected chi connectivity index (χ3v) is 2.29. The van der Waals surface area contributed by atoms with Gasteiger partial charge in [0, 0.05) is 5.69 Å². The molecule has 0 unspecified atom stereocenters. The van der Waals surface area contributed by atoms with E-state index < -0.39 is 11.6 Å². The molecule has 4 heteroatoms. The van der Waals surface area contributed by atoms with Crippen molar-refractivity contribution < 1.29 is 9.53 Å². The second-order valence-electron chi connectivity index (χ2n) is 4.69. The zero-order chi connectivity index (χ0) is 12.5. The average Bonchev–Trinajstić information content (AvgIpc) is 2.08. The van der Waals surface area contributed by atoms with E-state index >= 15 is 0 Å². The molecule has 0 heterocycles. The van der Waals surface area contributed by atoms with E-state index in [0.29, 0.717) is 16.3 Å². The second-order valence-corrected chi connectivity index (χ2v) is 5.10. The molecular weight excluding hydrogens is 226 g/mol. The number of aryl methyl sites for hydroxylation is 1. The van der Waals surface area contributed by atoms with Crippen LogP contribution in [-0.4, -0.2) is 11.6 Å². The number of carbonyl (C=O) groups excluding carboxylic acids is 1. The van der Waals surface area contributed by atoms with Crippen LogP contribution < -0.4 is 5.73 Å². The van der Waals surface area contributed by atoms with Crippen molar-refractivity contribution in [1.29, 1.82) is 0 Å². The molecule has 0 atom stereocenters. The van der Waals surface area contributed by atoms with E-state index in [-0.39, 0.29) is 0 Å². The summed E-state index contributed by atoms with van der Waals surface area (Å²) in [6.07, 6.45) is 0. The van der Waals surface area contributed by atoms with Gasteiger partial charge < -0.3 is 10.5 Å². The lowest BCUT2D eigenvalue weighted by atomic mass is 10.1. The summed E-state index contributed by atoms with van der Waals surface area (Å²) in [6, 6.07) is 3.21. The van der Waals surface area contributed by atoms with Crippen LogP contribution in [0.25, 0.3) is 0 Å². The van der Waals surface area contributed by atoms with E-state index in [1.807, 2.05) is 27.7 Å². The standard InChI is InChI=1S/C12H16ClNO2/c1-7-5-8(9(13)6-10(7)14)11(15)16-12(2,3)4/h5-6H,14H2,1-4H3. The zero-order valence-electron chi connectivity index (χ0n) is 9.93. The lowest BCUT2D eigenvalue weighted by Crippen LogP contribution is -2.24. The van der Waals surface area contributed by atoms with Crippen molar-refractivity contribution in [1.82, 2.24) is 0 Å². The molecule has 0 radical (unpaired) electrons. The first kappa shape index (κ1) is 12.8. The molecule has 3 nitrogen and oxygen atoms in total. The predicted octanol–water partition coefficient (Wildman–Crippen LogP) is 3.19. The Bertz CT molecular complexity index is 422. The summed E-state index contributed by atoms with van der Waals surface area (Å²) in [7, 11) is 0. The molecule has 1 aromatic carbocycles. The third kappa shape index (κ3) is 3.14. The van der Waals surface area contributed by atoms with E-state index in [1.165, 1.54) is 0 Å². The number of halogens is 1. The van der Waals surface area contributed by atoms with Gasteiger partial charge in [-0.2, -0.15) is 0 Å². The molecule has 2 N–H and O–H groups in total.